The minimum atomic E-state index is -1.62. The Labute approximate surface area is 229 Å². The number of halogens is 4. The lowest BCUT2D eigenvalue weighted by Gasteiger charge is -2.43. The van der Waals surface area contributed by atoms with Gasteiger partial charge in [-0.05, 0) is 83.2 Å². The van der Waals surface area contributed by atoms with Crippen LogP contribution in [0.3, 0.4) is 0 Å². The van der Waals surface area contributed by atoms with Crippen LogP contribution in [0.5, 0.6) is 0 Å². The number of urea groups is 1. The second-order valence-electron chi connectivity index (χ2n) is 10.9. The first kappa shape index (κ1) is 31.0. The molecule has 1 aliphatic heterocycles. The van der Waals surface area contributed by atoms with Gasteiger partial charge in [-0.15, -0.1) is 0 Å². The van der Waals surface area contributed by atoms with Crippen LogP contribution in [0.4, 0.5) is 18.0 Å². The van der Waals surface area contributed by atoms with Crippen molar-refractivity contribution >= 4 is 17.6 Å². The van der Waals surface area contributed by atoms with Crippen molar-refractivity contribution in [1.29, 1.82) is 0 Å². The van der Waals surface area contributed by atoms with Crippen molar-refractivity contribution < 1.29 is 27.8 Å². The lowest BCUT2D eigenvalue weighted by Crippen LogP contribution is -2.54. The molecular formula is C28H43ClF3N3O3. The van der Waals surface area contributed by atoms with Gasteiger partial charge in [0.15, 0.2) is 5.82 Å². The Morgan fingerprint density at radius 1 is 1.24 bits per heavy atom. The highest BCUT2D eigenvalue weighted by atomic mass is 35.5. The van der Waals surface area contributed by atoms with Crippen LogP contribution in [-0.4, -0.2) is 68.6 Å². The van der Waals surface area contributed by atoms with Crippen LogP contribution >= 0.6 is 11.6 Å². The number of aliphatic hydroxyl groups is 1. The van der Waals surface area contributed by atoms with Gasteiger partial charge in [0, 0.05) is 50.9 Å². The Morgan fingerprint density at radius 2 is 1.97 bits per heavy atom. The fourth-order valence-corrected chi connectivity index (χ4v) is 6.24. The molecule has 38 heavy (non-hydrogen) atoms. The molecule has 0 radical (unpaired) electrons. The van der Waals surface area contributed by atoms with Gasteiger partial charge in [0.2, 0.25) is 0 Å². The van der Waals surface area contributed by atoms with Crippen LogP contribution in [0.2, 0.25) is 5.02 Å². The number of piperidine rings is 1. The SMILES string of the molecule is CNC[C@H](CC1CCC(F)CC1)NC(=O)N1CCC[C@@H]([C@@](O)(CCCCOC)c2ccc(F)c(Cl)c2F)C1. The number of nitrogens with zero attached hydrogens (tertiary/aromatic N) is 1. The van der Waals surface area contributed by atoms with Gasteiger partial charge in [-0.1, -0.05) is 17.7 Å². The van der Waals surface area contributed by atoms with Crippen molar-refractivity contribution in [3.63, 3.8) is 0 Å². The Balaban J connectivity index is 1.73. The molecule has 6 nitrogen and oxygen atoms in total. The Kier molecular flexibility index (Phi) is 12.0. The van der Waals surface area contributed by atoms with Crippen LogP contribution < -0.4 is 10.6 Å². The maximum Gasteiger partial charge on any atom is 0.317 e. The summed E-state index contributed by atoms with van der Waals surface area (Å²) in [7, 11) is 3.43. The maximum absolute atomic E-state index is 15.2. The number of hydrogen-bond donors (Lipinski definition) is 3. The number of hydrogen-bond acceptors (Lipinski definition) is 4. The largest absolute Gasteiger partial charge is 0.385 e. The average molecular weight is 562 g/mol. The summed E-state index contributed by atoms with van der Waals surface area (Å²) in [5.74, 6) is -1.92. The molecule has 0 bridgehead atoms. The lowest BCUT2D eigenvalue weighted by atomic mass is 9.74. The first-order chi connectivity index (χ1) is 18.2. The van der Waals surface area contributed by atoms with E-state index in [1.54, 1.807) is 12.0 Å². The van der Waals surface area contributed by atoms with Crippen LogP contribution in [0, 0.1) is 23.5 Å². The van der Waals surface area contributed by atoms with Crippen molar-refractivity contribution in [1.82, 2.24) is 15.5 Å². The number of likely N-dealkylation sites (N-methyl/N-ethyl adjacent to an activating group) is 1. The van der Waals surface area contributed by atoms with Crippen LogP contribution in [0.1, 0.15) is 69.8 Å². The van der Waals surface area contributed by atoms with E-state index in [0.717, 1.165) is 25.3 Å². The zero-order valence-electron chi connectivity index (χ0n) is 22.6. The predicted molar refractivity (Wildman–Crippen MR) is 143 cm³/mol. The van der Waals surface area contributed by atoms with Crippen molar-refractivity contribution in [3.05, 3.63) is 34.4 Å². The highest BCUT2D eigenvalue weighted by Crippen LogP contribution is 2.42. The number of ether oxygens (including phenoxy) is 1. The number of rotatable bonds is 12. The molecule has 1 aromatic rings. The smallest absolute Gasteiger partial charge is 0.317 e. The number of amides is 2. The summed E-state index contributed by atoms with van der Waals surface area (Å²) in [6.07, 6.45) is 5.55. The lowest BCUT2D eigenvalue weighted by molar-refractivity contribution is -0.0588. The molecule has 2 aliphatic rings. The summed E-state index contributed by atoms with van der Waals surface area (Å²) in [5, 5.41) is 17.6. The molecule has 3 rings (SSSR count). The normalized spacial score (nSPS) is 24.6. The minimum Gasteiger partial charge on any atom is -0.385 e. The third kappa shape index (κ3) is 7.99. The fraction of sp³-hybridized carbons (Fsp3) is 0.750. The second-order valence-corrected chi connectivity index (χ2v) is 11.3. The van der Waals surface area contributed by atoms with E-state index in [2.05, 4.69) is 10.6 Å². The number of carbonyl (C=O) groups excluding carboxylic acids is 1. The monoisotopic (exact) mass is 561 g/mol. The fourth-order valence-electron chi connectivity index (χ4n) is 6.08. The van der Waals surface area contributed by atoms with Gasteiger partial charge < -0.3 is 25.4 Å². The van der Waals surface area contributed by atoms with E-state index in [0.29, 0.717) is 64.1 Å². The number of likely N-dealkylation sites (tertiary alicyclic amines) is 1. The summed E-state index contributed by atoms with van der Waals surface area (Å²) in [4.78, 5) is 15.0. The van der Waals surface area contributed by atoms with Gasteiger partial charge in [0.25, 0.3) is 0 Å². The molecule has 10 heteroatoms. The first-order valence-corrected chi connectivity index (χ1v) is 14.3. The highest BCUT2D eigenvalue weighted by Gasteiger charge is 2.43. The van der Waals surface area contributed by atoms with Crippen molar-refractivity contribution in [2.24, 2.45) is 11.8 Å². The Bertz CT molecular complexity index is 904. The average Bonchev–Trinajstić information content (AvgIpc) is 2.91. The molecule has 3 N–H and O–H groups in total. The quantitative estimate of drug-likeness (QED) is 0.231. The van der Waals surface area contributed by atoms with Gasteiger partial charge in [-0.2, -0.15) is 0 Å². The van der Waals surface area contributed by atoms with E-state index in [-0.39, 0.29) is 30.6 Å². The molecule has 1 saturated carbocycles. The molecule has 2 amide bonds. The summed E-state index contributed by atoms with van der Waals surface area (Å²) >= 11 is 5.88. The second kappa shape index (κ2) is 14.7. The molecule has 2 fully saturated rings. The highest BCUT2D eigenvalue weighted by molar-refractivity contribution is 6.31. The maximum atomic E-state index is 15.2. The molecule has 0 unspecified atom stereocenters. The molecule has 216 valence electrons. The molecular weight excluding hydrogens is 519 g/mol. The van der Waals surface area contributed by atoms with Gasteiger partial charge in [-0.25, -0.2) is 18.0 Å². The molecule has 3 atom stereocenters. The summed E-state index contributed by atoms with van der Waals surface area (Å²) in [6, 6.07) is 2.01. The van der Waals surface area contributed by atoms with Crippen molar-refractivity contribution in [3.8, 4) is 0 Å². The van der Waals surface area contributed by atoms with E-state index in [9.17, 15) is 18.7 Å². The van der Waals surface area contributed by atoms with Gasteiger partial charge in [0.05, 0.1) is 5.60 Å². The van der Waals surface area contributed by atoms with Crippen LogP contribution in [-0.2, 0) is 10.3 Å². The summed E-state index contributed by atoms with van der Waals surface area (Å²) in [6.45, 7) is 1.86. The van der Waals surface area contributed by atoms with E-state index in [1.807, 2.05) is 7.05 Å². The molecule has 1 saturated heterocycles. The zero-order valence-corrected chi connectivity index (χ0v) is 23.3. The topological polar surface area (TPSA) is 73.8 Å². The molecule has 1 heterocycles. The molecule has 1 aliphatic carbocycles. The van der Waals surface area contributed by atoms with Crippen molar-refractivity contribution in [2.75, 3.05) is 40.4 Å². The zero-order chi connectivity index (χ0) is 27.7. The van der Waals surface area contributed by atoms with Gasteiger partial charge in [-0.3, -0.25) is 0 Å². The number of carbonyl (C=O) groups is 1. The number of unbranched alkanes of at least 4 members (excludes halogenated alkanes) is 1. The number of nitrogens with one attached hydrogen (secondary N) is 2. The number of methoxy groups -OCH3 is 1. The standard InChI is InChI=1S/C28H43ClF3N3O3/c1-33-17-22(16-19-7-9-21(30)10-8-19)34-27(36)35-14-5-6-20(18-35)28(37,13-3-4-15-38-2)23-11-12-24(31)25(29)26(23)32/h11-12,19-22,33,37H,3-10,13-18H2,1-2H3,(H,34,36)/t19?,20-,21?,22+,28+/m1/s1. The van der Waals surface area contributed by atoms with Crippen molar-refractivity contribution in [2.45, 2.75) is 82.0 Å². The van der Waals surface area contributed by atoms with E-state index in [1.165, 1.54) is 6.07 Å². The molecule has 0 aromatic heterocycles. The third-order valence-corrected chi connectivity index (χ3v) is 8.56. The predicted octanol–water partition coefficient (Wildman–Crippen LogP) is 5.55. The molecule has 0 spiro atoms. The van der Waals surface area contributed by atoms with Crippen LogP contribution in [0.25, 0.3) is 0 Å². The minimum absolute atomic E-state index is 0.0369. The van der Waals surface area contributed by atoms with E-state index < -0.39 is 34.3 Å². The van der Waals surface area contributed by atoms with E-state index >= 15 is 4.39 Å². The summed E-state index contributed by atoms with van der Waals surface area (Å²) in [5.41, 5.74) is -1.66. The van der Waals surface area contributed by atoms with Gasteiger partial charge >= 0.3 is 6.03 Å². The van der Waals surface area contributed by atoms with Gasteiger partial charge in [0.1, 0.15) is 17.0 Å². The number of alkyl halides is 1. The number of benzene rings is 1. The van der Waals surface area contributed by atoms with Crippen LogP contribution in [0.15, 0.2) is 12.1 Å². The van der Waals surface area contributed by atoms with E-state index in [4.69, 9.17) is 16.3 Å². The third-order valence-electron chi connectivity index (χ3n) is 8.21. The Hall–Kier alpha value is -1.55. The summed E-state index contributed by atoms with van der Waals surface area (Å²) < 4.78 is 47.8. The molecule has 1 aromatic carbocycles. The first-order valence-electron chi connectivity index (χ1n) is 13.9. The Morgan fingerprint density at radius 3 is 2.66 bits per heavy atom.